The van der Waals surface area contributed by atoms with Crippen LogP contribution in [-0.2, 0) is 6.67 Å². The van der Waals surface area contributed by atoms with E-state index in [1.165, 1.54) is 12.8 Å². The van der Waals surface area contributed by atoms with Gasteiger partial charge in [0.15, 0.2) is 0 Å². The van der Waals surface area contributed by atoms with Gasteiger partial charge in [-0.2, -0.15) is 0 Å². The molecule has 0 amide bonds. The highest BCUT2D eigenvalue weighted by Crippen LogP contribution is 2.25. The lowest BCUT2D eigenvalue weighted by molar-refractivity contribution is 0.479. The number of rotatable bonds is 3. The molecular weight excluding hydrogens is 271 g/mol. The quantitative estimate of drug-likeness (QED) is 0.892. The Hall–Kier alpha value is -0.610. The third-order valence-corrected chi connectivity index (χ3v) is 3.50. The van der Waals surface area contributed by atoms with E-state index >= 15 is 0 Å². The average Bonchev–Trinajstić information content (AvgIpc) is 2.33. The van der Waals surface area contributed by atoms with Gasteiger partial charge in [-0.1, -0.05) is 6.07 Å². The zero-order valence-corrected chi connectivity index (χ0v) is 10.7. The normalized spacial score (nSPS) is 20.8. The molecule has 2 N–H and O–H groups in total. The second-order valence-corrected chi connectivity index (χ2v) is 4.99. The molecule has 1 aromatic rings. The summed E-state index contributed by atoms with van der Waals surface area (Å²) in [5.41, 5.74) is 1.75. The van der Waals surface area contributed by atoms with E-state index < -0.39 is 6.67 Å². The van der Waals surface area contributed by atoms with Gasteiger partial charge in [-0.05, 0) is 53.0 Å². The standard InChI is InChI=1S/C12H16BrFN2/c13-11-6-9(7-14)3-4-12(11)16-10-2-1-5-15-8-10/h3-4,6,10,15-16H,1-2,5,7-8H2. The molecule has 0 bridgehead atoms. The zero-order valence-electron chi connectivity index (χ0n) is 9.10. The highest BCUT2D eigenvalue weighted by molar-refractivity contribution is 9.10. The number of halogens is 2. The first kappa shape index (κ1) is 11.9. The predicted molar refractivity (Wildman–Crippen MR) is 68.5 cm³/mol. The number of hydrogen-bond acceptors (Lipinski definition) is 2. The second kappa shape index (κ2) is 5.64. The number of benzene rings is 1. The third kappa shape index (κ3) is 2.95. The van der Waals surface area contributed by atoms with Crippen LogP contribution < -0.4 is 10.6 Å². The van der Waals surface area contributed by atoms with Gasteiger partial charge < -0.3 is 10.6 Å². The number of alkyl halides is 1. The fourth-order valence-corrected chi connectivity index (χ4v) is 2.49. The largest absolute Gasteiger partial charge is 0.380 e. The predicted octanol–water partition coefficient (Wildman–Crippen LogP) is 3.08. The fourth-order valence-electron chi connectivity index (χ4n) is 1.95. The number of anilines is 1. The van der Waals surface area contributed by atoms with Crippen LogP contribution in [0.3, 0.4) is 0 Å². The maximum atomic E-state index is 12.4. The molecule has 16 heavy (non-hydrogen) atoms. The van der Waals surface area contributed by atoms with Crippen LogP contribution in [-0.4, -0.2) is 19.1 Å². The van der Waals surface area contributed by atoms with E-state index in [0.29, 0.717) is 11.6 Å². The van der Waals surface area contributed by atoms with Crippen molar-refractivity contribution in [1.82, 2.24) is 5.32 Å². The molecule has 1 heterocycles. The van der Waals surface area contributed by atoms with Gasteiger partial charge in [0.25, 0.3) is 0 Å². The van der Waals surface area contributed by atoms with Crippen molar-refractivity contribution in [1.29, 1.82) is 0 Å². The lowest BCUT2D eigenvalue weighted by atomic mass is 10.1. The van der Waals surface area contributed by atoms with Gasteiger partial charge in [0.2, 0.25) is 0 Å². The van der Waals surface area contributed by atoms with Crippen LogP contribution in [0.4, 0.5) is 10.1 Å². The minimum Gasteiger partial charge on any atom is -0.380 e. The Balaban J connectivity index is 2.03. The fraction of sp³-hybridized carbons (Fsp3) is 0.500. The van der Waals surface area contributed by atoms with Gasteiger partial charge in [-0.25, -0.2) is 4.39 Å². The number of hydrogen-bond donors (Lipinski definition) is 2. The van der Waals surface area contributed by atoms with Crippen molar-refractivity contribution in [2.75, 3.05) is 18.4 Å². The summed E-state index contributed by atoms with van der Waals surface area (Å²) in [5.74, 6) is 0. The smallest absolute Gasteiger partial charge is 0.115 e. The van der Waals surface area contributed by atoms with Crippen LogP contribution in [0.15, 0.2) is 22.7 Å². The molecule has 1 unspecified atom stereocenters. The highest BCUT2D eigenvalue weighted by atomic mass is 79.9. The zero-order chi connectivity index (χ0) is 11.4. The van der Waals surface area contributed by atoms with Crippen LogP contribution in [0.2, 0.25) is 0 Å². The first-order chi connectivity index (χ1) is 7.79. The van der Waals surface area contributed by atoms with Crippen LogP contribution in [0, 0.1) is 0 Å². The summed E-state index contributed by atoms with van der Waals surface area (Å²) in [7, 11) is 0. The molecule has 1 aliphatic rings. The van der Waals surface area contributed by atoms with Crippen LogP contribution in [0.5, 0.6) is 0 Å². The molecule has 1 saturated heterocycles. The maximum absolute atomic E-state index is 12.4. The van der Waals surface area contributed by atoms with Crippen molar-refractivity contribution in [3.05, 3.63) is 28.2 Å². The minimum atomic E-state index is -0.413. The Labute approximate surface area is 104 Å². The SMILES string of the molecule is FCc1ccc(NC2CCCNC2)c(Br)c1. The molecule has 1 fully saturated rings. The van der Waals surface area contributed by atoms with E-state index in [1.54, 1.807) is 0 Å². The monoisotopic (exact) mass is 286 g/mol. The van der Waals surface area contributed by atoms with Crippen molar-refractivity contribution in [3.8, 4) is 0 Å². The van der Waals surface area contributed by atoms with Crippen molar-refractivity contribution in [2.45, 2.75) is 25.6 Å². The molecule has 2 rings (SSSR count). The Morgan fingerprint density at radius 2 is 2.38 bits per heavy atom. The summed E-state index contributed by atoms with van der Waals surface area (Å²) in [6.45, 7) is 1.70. The van der Waals surface area contributed by atoms with Gasteiger partial charge in [-0.3, -0.25) is 0 Å². The molecule has 2 nitrogen and oxygen atoms in total. The Bertz CT molecular complexity index is 351. The van der Waals surface area contributed by atoms with E-state index in [1.807, 2.05) is 18.2 Å². The first-order valence-corrected chi connectivity index (χ1v) is 6.40. The van der Waals surface area contributed by atoms with Gasteiger partial charge in [0.05, 0.1) is 0 Å². The maximum Gasteiger partial charge on any atom is 0.115 e. The molecule has 0 aliphatic carbocycles. The van der Waals surface area contributed by atoms with Gasteiger partial charge in [0, 0.05) is 22.7 Å². The van der Waals surface area contributed by atoms with Gasteiger partial charge in [0.1, 0.15) is 6.67 Å². The number of piperidine rings is 1. The molecule has 0 spiro atoms. The van der Waals surface area contributed by atoms with Crippen molar-refractivity contribution >= 4 is 21.6 Å². The number of nitrogens with one attached hydrogen (secondary N) is 2. The molecule has 0 radical (unpaired) electrons. The minimum absolute atomic E-state index is 0.413. The van der Waals surface area contributed by atoms with E-state index in [-0.39, 0.29) is 0 Å². The molecule has 0 saturated carbocycles. The van der Waals surface area contributed by atoms with E-state index in [0.717, 1.165) is 23.2 Å². The topological polar surface area (TPSA) is 24.1 Å². The van der Waals surface area contributed by atoms with E-state index in [9.17, 15) is 4.39 Å². The molecule has 88 valence electrons. The molecule has 4 heteroatoms. The lowest BCUT2D eigenvalue weighted by Gasteiger charge is -2.25. The summed E-state index contributed by atoms with van der Waals surface area (Å²) in [6, 6.07) is 6.07. The van der Waals surface area contributed by atoms with Crippen molar-refractivity contribution < 1.29 is 4.39 Å². The van der Waals surface area contributed by atoms with Crippen molar-refractivity contribution in [2.24, 2.45) is 0 Å². The van der Waals surface area contributed by atoms with Crippen LogP contribution in [0.1, 0.15) is 18.4 Å². The van der Waals surface area contributed by atoms with Gasteiger partial charge in [-0.15, -0.1) is 0 Å². The molecular formula is C12H16BrFN2. The highest BCUT2D eigenvalue weighted by Gasteiger charge is 2.13. The molecule has 1 aliphatic heterocycles. The first-order valence-electron chi connectivity index (χ1n) is 5.61. The molecule has 0 aromatic heterocycles. The third-order valence-electron chi connectivity index (χ3n) is 2.84. The Morgan fingerprint density at radius 3 is 3.00 bits per heavy atom. The molecule has 1 atom stereocenters. The second-order valence-electron chi connectivity index (χ2n) is 4.14. The Morgan fingerprint density at radius 1 is 1.50 bits per heavy atom. The van der Waals surface area contributed by atoms with E-state index in [2.05, 4.69) is 26.6 Å². The van der Waals surface area contributed by atoms with Gasteiger partial charge >= 0.3 is 0 Å². The average molecular weight is 287 g/mol. The van der Waals surface area contributed by atoms with E-state index in [4.69, 9.17) is 0 Å². The summed E-state index contributed by atoms with van der Waals surface area (Å²) >= 11 is 3.47. The van der Waals surface area contributed by atoms with Crippen LogP contribution >= 0.6 is 15.9 Å². The summed E-state index contributed by atoms with van der Waals surface area (Å²) in [6.07, 6.45) is 2.39. The Kier molecular flexibility index (Phi) is 4.18. The lowest BCUT2D eigenvalue weighted by Crippen LogP contribution is -2.38. The van der Waals surface area contributed by atoms with Crippen LogP contribution in [0.25, 0.3) is 0 Å². The van der Waals surface area contributed by atoms with Crippen molar-refractivity contribution in [3.63, 3.8) is 0 Å². The summed E-state index contributed by atoms with van der Waals surface area (Å²) in [5, 5.41) is 6.83. The summed E-state index contributed by atoms with van der Waals surface area (Å²) < 4.78 is 13.4. The summed E-state index contributed by atoms with van der Waals surface area (Å²) in [4.78, 5) is 0. The molecule has 1 aromatic carbocycles.